The van der Waals surface area contributed by atoms with E-state index in [4.69, 9.17) is 9.47 Å². The van der Waals surface area contributed by atoms with Crippen LogP contribution >= 0.6 is 11.8 Å². The molecule has 1 heterocycles. The first-order valence-corrected chi connectivity index (χ1v) is 11.4. The van der Waals surface area contributed by atoms with Gasteiger partial charge in [-0.05, 0) is 72.8 Å². The fraction of sp³-hybridized carbons (Fsp3) is 0.154. The molecule has 0 atom stereocenters. The van der Waals surface area contributed by atoms with E-state index < -0.39 is 0 Å². The lowest BCUT2D eigenvalue weighted by Crippen LogP contribution is -2.28. The number of thioether (sulfide) groups is 1. The summed E-state index contributed by atoms with van der Waals surface area (Å²) in [4.78, 5) is 19.5. The average molecular weight is 481 g/mol. The number of aliphatic imine (C=N–C) groups is 1. The first kappa shape index (κ1) is 23.5. The van der Waals surface area contributed by atoms with Crippen molar-refractivity contribution in [3.05, 3.63) is 94.4 Å². The molecule has 0 bridgehead atoms. The van der Waals surface area contributed by atoms with Crippen molar-refractivity contribution in [1.82, 2.24) is 4.90 Å². The number of hydrogen-bond acceptors (Lipinski definition) is 5. The van der Waals surface area contributed by atoms with Crippen molar-refractivity contribution in [2.24, 2.45) is 4.99 Å². The van der Waals surface area contributed by atoms with Crippen molar-refractivity contribution in [3.8, 4) is 11.5 Å². The van der Waals surface area contributed by atoms with Crippen molar-refractivity contribution in [3.63, 3.8) is 0 Å². The molecule has 3 aromatic rings. The third-order valence-corrected chi connectivity index (χ3v) is 6.09. The van der Waals surface area contributed by atoms with Gasteiger partial charge < -0.3 is 9.47 Å². The van der Waals surface area contributed by atoms with Gasteiger partial charge >= 0.3 is 0 Å². The van der Waals surface area contributed by atoms with Gasteiger partial charge in [-0.2, -0.15) is 0 Å². The molecule has 0 aromatic heterocycles. The van der Waals surface area contributed by atoms with E-state index in [-0.39, 0.29) is 24.1 Å². The Kier molecular flexibility index (Phi) is 7.27. The third kappa shape index (κ3) is 5.28. The molecule has 8 heteroatoms. The molecular weight excluding hydrogens is 458 g/mol. The summed E-state index contributed by atoms with van der Waals surface area (Å²) >= 11 is 1.25. The van der Waals surface area contributed by atoms with Crippen LogP contribution in [0.3, 0.4) is 0 Å². The number of nitrogens with zero attached hydrogens (tertiary/aromatic N) is 2. The number of methoxy groups -OCH3 is 1. The summed E-state index contributed by atoms with van der Waals surface area (Å²) in [6.45, 7) is 2.38. The summed E-state index contributed by atoms with van der Waals surface area (Å²) in [6.07, 6.45) is 1.76. The highest BCUT2D eigenvalue weighted by Crippen LogP contribution is 2.36. The quantitative estimate of drug-likeness (QED) is 0.379. The second-order valence-electron chi connectivity index (χ2n) is 7.32. The lowest BCUT2D eigenvalue weighted by Gasteiger charge is -2.12. The highest BCUT2D eigenvalue weighted by molar-refractivity contribution is 8.18. The number of benzene rings is 3. The lowest BCUT2D eigenvalue weighted by atomic mass is 10.1. The van der Waals surface area contributed by atoms with Gasteiger partial charge in [-0.1, -0.05) is 24.3 Å². The first-order chi connectivity index (χ1) is 16.5. The van der Waals surface area contributed by atoms with Crippen molar-refractivity contribution < 1.29 is 23.0 Å². The van der Waals surface area contributed by atoms with Gasteiger partial charge in [-0.15, -0.1) is 0 Å². The van der Waals surface area contributed by atoms with Gasteiger partial charge in [-0.3, -0.25) is 9.69 Å². The Labute approximate surface area is 200 Å². The number of likely N-dealkylation sites (N-methyl/N-ethyl adjacent to an activating group) is 1. The standard InChI is InChI=1S/C26H22F2N2O3S/c1-3-30-25(31)24(34-26(30)29-20-11-9-19(27)10-12-20)15-17-8-13-22(23(14-17)32-2)33-16-18-6-4-5-7-21(18)28/h4-15H,3,16H2,1-2H3/b24-15+,29-26?. The topological polar surface area (TPSA) is 51.1 Å². The zero-order valence-corrected chi connectivity index (χ0v) is 19.4. The normalized spacial score (nSPS) is 15.9. The Morgan fingerprint density at radius 1 is 1.03 bits per heavy atom. The molecule has 4 rings (SSSR count). The summed E-state index contributed by atoms with van der Waals surface area (Å²) in [5.74, 6) is 0.0911. The fourth-order valence-corrected chi connectivity index (χ4v) is 4.37. The molecule has 1 aliphatic rings. The van der Waals surface area contributed by atoms with E-state index in [0.29, 0.717) is 39.4 Å². The van der Waals surface area contributed by atoms with Crippen molar-refractivity contribution in [2.45, 2.75) is 13.5 Å². The van der Waals surface area contributed by atoms with E-state index in [1.54, 1.807) is 59.5 Å². The van der Waals surface area contributed by atoms with Crippen LogP contribution < -0.4 is 9.47 Å². The van der Waals surface area contributed by atoms with Crippen LogP contribution in [0.25, 0.3) is 6.08 Å². The second kappa shape index (κ2) is 10.5. The Bertz CT molecular complexity index is 1260. The molecule has 3 aromatic carbocycles. The number of ether oxygens (including phenoxy) is 2. The Hall–Kier alpha value is -3.65. The molecule has 1 fully saturated rings. The van der Waals surface area contributed by atoms with Crippen LogP contribution in [0, 0.1) is 11.6 Å². The number of carbonyl (C=O) groups is 1. The summed E-state index contributed by atoms with van der Waals surface area (Å²) < 4.78 is 38.3. The minimum absolute atomic E-state index is 0.0620. The molecule has 0 spiro atoms. The SMILES string of the molecule is CCN1C(=O)/C(=C\c2ccc(OCc3ccccc3F)c(OC)c2)SC1=Nc1ccc(F)cc1. The van der Waals surface area contributed by atoms with E-state index in [0.717, 1.165) is 5.56 Å². The third-order valence-electron chi connectivity index (χ3n) is 5.08. The molecule has 1 amide bonds. The number of rotatable bonds is 7. The fourth-order valence-electron chi connectivity index (χ4n) is 3.31. The van der Waals surface area contributed by atoms with Gasteiger partial charge in [0.25, 0.3) is 5.91 Å². The molecule has 0 aliphatic carbocycles. The zero-order valence-electron chi connectivity index (χ0n) is 18.6. The summed E-state index contributed by atoms with van der Waals surface area (Å²) in [6, 6.07) is 17.5. The van der Waals surface area contributed by atoms with Crippen LogP contribution in [-0.2, 0) is 11.4 Å². The minimum atomic E-state index is -0.345. The monoisotopic (exact) mass is 480 g/mol. The highest BCUT2D eigenvalue weighted by Gasteiger charge is 2.32. The molecule has 174 valence electrons. The molecule has 5 nitrogen and oxygen atoms in total. The lowest BCUT2D eigenvalue weighted by molar-refractivity contribution is -0.122. The predicted molar refractivity (Wildman–Crippen MR) is 130 cm³/mol. The summed E-state index contributed by atoms with van der Waals surface area (Å²) in [7, 11) is 1.52. The minimum Gasteiger partial charge on any atom is -0.493 e. The molecule has 0 N–H and O–H groups in total. The van der Waals surface area contributed by atoms with E-state index >= 15 is 0 Å². The first-order valence-electron chi connectivity index (χ1n) is 10.6. The highest BCUT2D eigenvalue weighted by atomic mass is 32.2. The van der Waals surface area contributed by atoms with Crippen LogP contribution in [0.1, 0.15) is 18.1 Å². The van der Waals surface area contributed by atoms with Gasteiger partial charge in [-0.25, -0.2) is 13.8 Å². The van der Waals surface area contributed by atoms with Crippen molar-refractivity contribution in [1.29, 1.82) is 0 Å². The molecule has 34 heavy (non-hydrogen) atoms. The molecule has 0 saturated carbocycles. The Morgan fingerprint density at radius 3 is 2.50 bits per heavy atom. The Balaban J connectivity index is 1.55. The Morgan fingerprint density at radius 2 is 1.79 bits per heavy atom. The van der Waals surface area contributed by atoms with E-state index in [1.165, 1.54) is 37.1 Å². The molecule has 1 aliphatic heterocycles. The summed E-state index contributed by atoms with van der Waals surface area (Å²) in [5, 5.41) is 0.530. The number of amidine groups is 1. The molecule has 1 saturated heterocycles. The van der Waals surface area contributed by atoms with Gasteiger partial charge in [0, 0.05) is 12.1 Å². The number of halogens is 2. The van der Waals surface area contributed by atoms with Crippen LogP contribution in [0.15, 0.2) is 76.6 Å². The molecule has 0 unspecified atom stereocenters. The smallest absolute Gasteiger partial charge is 0.266 e. The van der Waals surface area contributed by atoms with Crippen LogP contribution in [0.2, 0.25) is 0 Å². The largest absolute Gasteiger partial charge is 0.493 e. The van der Waals surface area contributed by atoms with Gasteiger partial charge in [0.2, 0.25) is 0 Å². The maximum absolute atomic E-state index is 13.9. The predicted octanol–water partition coefficient (Wildman–Crippen LogP) is 6.18. The number of carbonyl (C=O) groups excluding carboxylic acids is 1. The van der Waals surface area contributed by atoms with E-state index in [1.807, 2.05) is 6.92 Å². The second-order valence-corrected chi connectivity index (χ2v) is 8.33. The average Bonchev–Trinajstić information content (AvgIpc) is 3.13. The zero-order chi connectivity index (χ0) is 24.1. The van der Waals surface area contributed by atoms with E-state index in [2.05, 4.69) is 4.99 Å². The number of hydrogen-bond donors (Lipinski definition) is 0. The van der Waals surface area contributed by atoms with Gasteiger partial charge in [0.05, 0.1) is 17.7 Å². The van der Waals surface area contributed by atoms with Crippen molar-refractivity contribution in [2.75, 3.05) is 13.7 Å². The maximum Gasteiger partial charge on any atom is 0.266 e. The van der Waals surface area contributed by atoms with Gasteiger partial charge in [0.1, 0.15) is 18.2 Å². The maximum atomic E-state index is 13.9. The van der Waals surface area contributed by atoms with Crippen LogP contribution in [-0.4, -0.2) is 29.6 Å². The van der Waals surface area contributed by atoms with E-state index in [9.17, 15) is 13.6 Å². The number of amides is 1. The van der Waals surface area contributed by atoms with Crippen LogP contribution in [0.4, 0.5) is 14.5 Å². The van der Waals surface area contributed by atoms with Gasteiger partial charge in [0.15, 0.2) is 16.7 Å². The van der Waals surface area contributed by atoms with Crippen LogP contribution in [0.5, 0.6) is 11.5 Å². The molecule has 0 radical (unpaired) electrons. The molecular formula is C26H22F2N2O3S. The summed E-state index contributed by atoms with van der Waals surface area (Å²) in [5.41, 5.74) is 1.75. The van der Waals surface area contributed by atoms with Crippen molar-refractivity contribution >= 4 is 34.6 Å².